The summed E-state index contributed by atoms with van der Waals surface area (Å²) in [5.74, 6) is 0. The molecule has 1 aromatic heterocycles. The van der Waals surface area contributed by atoms with E-state index in [0.29, 0.717) is 0 Å². The first kappa shape index (κ1) is 11.8. The first-order chi connectivity index (χ1) is 7.70. The monoisotopic (exact) mass is 343 g/mol. The Morgan fingerprint density at radius 1 is 1.31 bits per heavy atom. The van der Waals surface area contributed by atoms with Crippen LogP contribution in [0, 0.1) is 0 Å². The van der Waals surface area contributed by atoms with Gasteiger partial charge in [-0.25, -0.2) is 4.68 Å². The third-order valence-electron chi connectivity index (χ3n) is 2.21. The molecule has 2 aromatic rings. The molecule has 0 amide bonds. The fourth-order valence-electron chi connectivity index (χ4n) is 1.52. The summed E-state index contributed by atoms with van der Waals surface area (Å²) in [7, 11) is 1.94. The number of rotatable bonds is 3. The van der Waals surface area contributed by atoms with Crippen LogP contribution in [0.25, 0.3) is 5.69 Å². The summed E-state index contributed by atoms with van der Waals surface area (Å²) < 4.78 is 3.89. The van der Waals surface area contributed by atoms with Crippen molar-refractivity contribution in [3.05, 3.63) is 45.1 Å². The first-order valence-electron chi connectivity index (χ1n) is 4.84. The number of hydrogen-bond donors (Lipinski definition) is 1. The summed E-state index contributed by atoms with van der Waals surface area (Å²) in [6, 6.07) is 6.19. The van der Waals surface area contributed by atoms with Crippen molar-refractivity contribution in [1.29, 1.82) is 0 Å². The van der Waals surface area contributed by atoms with Crippen LogP contribution in [0.15, 0.2) is 39.5 Å². The van der Waals surface area contributed by atoms with Gasteiger partial charge in [-0.2, -0.15) is 5.10 Å². The Hall–Kier alpha value is -0.650. The van der Waals surface area contributed by atoms with Crippen molar-refractivity contribution in [3.63, 3.8) is 0 Å². The van der Waals surface area contributed by atoms with Gasteiger partial charge in [0.15, 0.2) is 0 Å². The first-order valence-corrected chi connectivity index (χ1v) is 6.43. The van der Waals surface area contributed by atoms with Crippen LogP contribution in [0.4, 0.5) is 0 Å². The smallest absolute Gasteiger partial charge is 0.0702 e. The average molecular weight is 345 g/mol. The van der Waals surface area contributed by atoms with E-state index in [0.717, 1.165) is 21.2 Å². The van der Waals surface area contributed by atoms with Crippen molar-refractivity contribution in [2.45, 2.75) is 6.54 Å². The predicted octanol–water partition coefficient (Wildman–Crippen LogP) is 3.12. The molecule has 0 atom stereocenters. The zero-order valence-electron chi connectivity index (χ0n) is 8.74. The van der Waals surface area contributed by atoms with Gasteiger partial charge in [-0.15, -0.1) is 0 Å². The number of aromatic nitrogens is 2. The van der Waals surface area contributed by atoms with Gasteiger partial charge in [-0.1, -0.05) is 22.0 Å². The molecule has 16 heavy (non-hydrogen) atoms. The maximum atomic E-state index is 4.29. The van der Waals surface area contributed by atoms with Gasteiger partial charge in [0.05, 0.1) is 16.4 Å². The molecule has 1 N–H and O–H groups in total. The van der Waals surface area contributed by atoms with Crippen LogP contribution in [-0.4, -0.2) is 16.8 Å². The molecule has 0 aliphatic rings. The normalized spacial score (nSPS) is 10.7. The topological polar surface area (TPSA) is 29.9 Å². The van der Waals surface area contributed by atoms with Gasteiger partial charge in [0.2, 0.25) is 0 Å². The lowest BCUT2D eigenvalue weighted by molar-refractivity contribution is 0.788. The molecule has 0 radical (unpaired) electrons. The van der Waals surface area contributed by atoms with Crippen LogP contribution < -0.4 is 5.32 Å². The number of nitrogens with zero attached hydrogens (tertiary/aromatic N) is 2. The van der Waals surface area contributed by atoms with Gasteiger partial charge >= 0.3 is 0 Å². The van der Waals surface area contributed by atoms with Crippen LogP contribution in [0.3, 0.4) is 0 Å². The maximum Gasteiger partial charge on any atom is 0.0702 e. The zero-order chi connectivity index (χ0) is 11.5. The van der Waals surface area contributed by atoms with Crippen LogP contribution in [0.2, 0.25) is 0 Å². The second kappa shape index (κ2) is 5.12. The van der Waals surface area contributed by atoms with E-state index >= 15 is 0 Å². The SMILES string of the molecule is CNCc1ccc(Br)cc1-n1cc(Br)cn1. The number of benzene rings is 1. The van der Waals surface area contributed by atoms with Crippen LogP contribution in [-0.2, 0) is 6.54 Å². The molecule has 0 bridgehead atoms. The minimum Gasteiger partial charge on any atom is -0.316 e. The molecule has 2 rings (SSSR count). The second-order valence-corrected chi connectivity index (χ2v) is 5.24. The fourth-order valence-corrected chi connectivity index (χ4v) is 2.16. The standard InChI is InChI=1S/C11H11Br2N3/c1-14-5-8-2-3-9(12)4-11(8)16-7-10(13)6-15-16/h2-4,6-7,14H,5H2,1H3. The van der Waals surface area contributed by atoms with E-state index in [9.17, 15) is 0 Å². The lowest BCUT2D eigenvalue weighted by atomic mass is 10.2. The van der Waals surface area contributed by atoms with E-state index in [1.54, 1.807) is 6.20 Å². The van der Waals surface area contributed by atoms with Crippen LogP contribution in [0.5, 0.6) is 0 Å². The maximum absolute atomic E-state index is 4.29. The number of halogens is 2. The van der Waals surface area contributed by atoms with Gasteiger partial charge < -0.3 is 5.32 Å². The quantitative estimate of drug-likeness (QED) is 0.927. The van der Waals surface area contributed by atoms with E-state index in [2.05, 4.69) is 54.4 Å². The minimum absolute atomic E-state index is 0.820. The van der Waals surface area contributed by atoms with E-state index in [1.165, 1.54) is 5.56 Å². The van der Waals surface area contributed by atoms with Crippen molar-refractivity contribution in [2.24, 2.45) is 0 Å². The molecule has 0 aliphatic heterocycles. The zero-order valence-corrected chi connectivity index (χ0v) is 11.9. The number of hydrogen-bond acceptors (Lipinski definition) is 2. The van der Waals surface area contributed by atoms with Crippen molar-refractivity contribution in [3.8, 4) is 5.69 Å². The average Bonchev–Trinajstić information content (AvgIpc) is 2.68. The summed E-state index contributed by atoms with van der Waals surface area (Å²) in [5, 5.41) is 7.44. The van der Waals surface area contributed by atoms with Crippen molar-refractivity contribution in [1.82, 2.24) is 15.1 Å². The third-order valence-corrected chi connectivity index (χ3v) is 3.12. The summed E-state index contributed by atoms with van der Waals surface area (Å²) in [6.07, 6.45) is 3.73. The second-order valence-electron chi connectivity index (χ2n) is 3.41. The Morgan fingerprint density at radius 3 is 2.75 bits per heavy atom. The lowest BCUT2D eigenvalue weighted by Crippen LogP contribution is -2.09. The van der Waals surface area contributed by atoms with E-state index in [-0.39, 0.29) is 0 Å². The molecular formula is C11H11Br2N3. The lowest BCUT2D eigenvalue weighted by Gasteiger charge is -2.09. The van der Waals surface area contributed by atoms with Gasteiger partial charge in [0, 0.05) is 17.2 Å². The Balaban J connectivity index is 2.48. The van der Waals surface area contributed by atoms with E-state index in [1.807, 2.05) is 24.0 Å². The predicted molar refractivity (Wildman–Crippen MR) is 71.7 cm³/mol. The molecule has 0 saturated carbocycles. The molecule has 1 aromatic carbocycles. The Morgan fingerprint density at radius 2 is 2.12 bits per heavy atom. The van der Waals surface area contributed by atoms with E-state index < -0.39 is 0 Å². The molecule has 5 heteroatoms. The molecular weight excluding hydrogens is 334 g/mol. The van der Waals surface area contributed by atoms with Crippen LogP contribution >= 0.6 is 31.9 Å². The highest BCUT2D eigenvalue weighted by Crippen LogP contribution is 2.21. The molecule has 0 spiro atoms. The van der Waals surface area contributed by atoms with Gasteiger partial charge in [-0.05, 0) is 40.7 Å². The summed E-state index contributed by atoms with van der Waals surface area (Å²) in [6.45, 7) is 0.820. The van der Waals surface area contributed by atoms with Crippen molar-refractivity contribution in [2.75, 3.05) is 7.05 Å². The minimum atomic E-state index is 0.820. The van der Waals surface area contributed by atoms with Gasteiger partial charge in [0.1, 0.15) is 0 Å². The molecule has 84 valence electrons. The summed E-state index contributed by atoms with van der Waals surface area (Å²) in [4.78, 5) is 0. The largest absolute Gasteiger partial charge is 0.316 e. The van der Waals surface area contributed by atoms with Gasteiger partial charge in [0.25, 0.3) is 0 Å². The molecule has 0 saturated heterocycles. The van der Waals surface area contributed by atoms with Crippen LogP contribution in [0.1, 0.15) is 5.56 Å². The Bertz CT molecular complexity index is 494. The van der Waals surface area contributed by atoms with Gasteiger partial charge in [-0.3, -0.25) is 0 Å². The highest BCUT2D eigenvalue weighted by Gasteiger charge is 2.06. The summed E-state index contributed by atoms with van der Waals surface area (Å²) in [5.41, 5.74) is 2.29. The van der Waals surface area contributed by atoms with Crippen molar-refractivity contribution < 1.29 is 0 Å². The third kappa shape index (κ3) is 2.53. The molecule has 0 fully saturated rings. The molecule has 0 unspecified atom stereocenters. The molecule has 3 nitrogen and oxygen atoms in total. The highest BCUT2D eigenvalue weighted by molar-refractivity contribution is 9.10. The summed E-state index contributed by atoms with van der Waals surface area (Å²) >= 11 is 6.88. The molecule has 0 aliphatic carbocycles. The number of nitrogens with one attached hydrogen (secondary N) is 1. The Kier molecular flexibility index (Phi) is 3.78. The molecule has 1 heterocycles. The van der Waals surface area contributed by atoms with Crippen molar-refractivity contribution >= 4 is 31.9 Å². The Labute approximate surface area is 111 Å². The highest BCUT2D eigenvalue weighted by atomic mass is 79.9. The van der Waals surface area contributed by atoms with E-state index in [4.69, 9.17) is 0 Å². The fraction of sp³-hybridized carbons (Fsp3) is 0.182.